The predicted molar refractivity (Wildman–Crippen MR) is 136 cm³/mol. The fourth-order valence-electron chi connectivity index (χ4n) is 4.16. The van der Waals surface area contributed by atoms with Crippen LogP contribution in [-0.4, -0.2) is 62.7 Å². The summed E-state index contributed by atoms with van der Waals surface area (Å²) in [6.07, 6.45) is 10.5. The van der Waals surface area contributed by atoms with Gasteiger partial charge in [0.05, 0.1) is 12.6 Å². The molecule has 2 fully saturated rings. The highest BCUT2D eigenvalue weighted by Gasteiger charge is 2.52. The van der Waals surface area contributed by atoms with Gasteiger partial charge >= 0.3 is 0 Å². The Morgan fingerprint density at radius 2 is 1.64 bits per heavy atom. The molecule has 2 aliphatic heterocycles. The van der Waals surface area contributed by atoms with Gasteiger partial charge in [-0.1, -0.05) is 99.5 Å². The minimum atomic E-state index is -2.13. The minimum Gasteiger partial charge on any atom is -0.388 e. The van der Waals surface area contributed by atoms with Crippen LogP contribution in [0.15, 0.2) is 0 Å². The molecule has 2 rings (SSSR count). The van der Waals surface area contributed by atoms with E-state index in [9.17, 15) is 9.90 Å². The quantitative estimate of drug-likeness (QED) is 0.226. The number of rotatable bonds is 13. The van der Waals surface area contributed by atoms with Crippen LogP contribution in [0.3, 0.4) is 0 Å². The van der Waals surface area contributed by atoms with E-state index in [0.29, 0.717) is 6.61 Å². The van der Waals surface area contributed by atoms with Crippen LogP contribution in [0.1, 0.15) is 85.0 Å². The van der Waals surface area contributed by atoms with E-state index in [1.165, 1.54) is 51.4 Å². The Kier molecular flexibility index (Phi) is 12.9. The van der Waals surface area contributed by atoms with E-state index < -0.39 is 45.3 Å². The fourth-order valence-corrected chi connectivity index (χ4v) is 5.59. The Bertz CT molecular complexity index is 593. The number of hydrogen-bond acceptors (Lipinski definition) is 6. The molecular weight excluding hydrogens is 509 g/mol. The number of halogens is 3. The largest absolute Gasteiger partial charge is 0.388 e. The minimum absolute atomic E-state index is 0.301. The smallest absolute Gasteiger partial charge is 0.272 e. The number of amides is 1. The molecule has 33 heavy (non-hydrogen) atoms. The zero-order valence-electron chi connectivity index (χ0n) is 20.0. The Labute approximate surface area is 218 Å². The molecule has 5 atom stereocenters. The average molecular weight is 549 g/mol. The van der Waals surface area contributed by atoms with Crippen molar-refractivity contribution in [3.05, 3.63) is 0 Å². The first-order chi connectivity index (χ1) is 15.5. The molecule has 10 heteroatoms. The van der Waals surface area contributed by atoms with Crippen LogP contribution in [0.2, 0.25) is 0 Å². The summed E-state index contributed by atoms with van der Waals surface area (Å²) >= 11 is 18.8. The summed E-state index contributed by atoms with van der Waals surface area (Å²) in [6.45, 7) is 6.09. The maximum atomic E-state index is 12.3. The summed E-state index contributed by atoms with van der Waals surface area (Å²) in [5, 5.41) is 13.7. The van der Waals surface area contributed by atoms with Gasteiger partial charge in [0, 0.05) is 0 Å². The monoisotopic (exact) mass is 547 g/mol. The third kappa shape index (κ3) is 10.2. The highest BCUT2D eigenvalue weighted by molar-refractivity contribution is 7.99. The number of fused-ring (bicyclic) bond motifs is 1. The van der Waals surface area contributed by atoms with Crippen molar-refractivity contribution in [2.24, 2.45) is 0 Å². The molecule has 194 valence electrons. The lowest BCUT2D eigenvalue weighted by molar-refractivity contribution is -0.341. The van der Waals surface area contributed by atoms with Crippen molar-refractivity contribution in [2.45, 2.75) is 124 Å². The second-order valence-corrected chi connectivity index (χ2v) is 12.9. The lowest BCUT2D eigenvalue weighted by Crippen LogP contribution is -2.68. The molecule has 2 heterocycles. The van der Waals surface area contributed by atoms with Gasteiger partial charge in [-0.25, -0.2) is 0 Å². The summed E-state index contributed by atoms with van der Waals surface area (Å²) in [6, 6.07) is -0.767. The lowest BCUT2D eigenvalue weighted by Gasteiger charge is -2.50. The first kappa shape index (κ1) is 29.8. The Morgan fingerprint density at radius 3 is 2.21 bits per heavy atom. The van der Waals surface area contributed by atoms with Gasteiger partial charge in [-0.2, -0.15) is 0 Å². The number of thioether (sulfide) groups is 1. The van der Waals surface area contributed by atoms with E-state index >= 15 is 0 Å². The van der Waals surface area contributed by atoms with E-state index in [-0.39, 0.29) is 0 Å². The SMILES string of the molecule is CCCCCCCCCCCCS[C@@H]1O[C@@H]2COC(C)(C)O[C@H]2[C@H](O)[C@H]1NC(=O)C(Cl)(Cl)Cl. The standard InChI is InChI=1S/C23H40Cl3NO5S/c1-4-5-6-7-8-9-10-11-12-13-14-33-20-17(27-21(29)23(24,25)26)18(28)19-16(31-20)15-30-22(2,3)32-19/h16-20,28H,4-15H2,1-3H3,(H,27,29)/t16-,17-,18-,19-,20+/m1/s1. The van der Waals surface area contributed by atoms with Crippen LogP contribution in [0.25, 0.3) is 0 Å². The van der Waals surface area contributed by atoms with Crippen LogP contribution in [-0.2, 0) is 19.0 Å². The van der Waals surface area contributed by atoms with Gasteiger partial charge in [-0.15, -0.1) is 11.8 Å². The molecule has 0 spiro atoms. The maximum Gasteiger partial charge on any atom is 0.272 e. The van der Waals surface area contributed by atoms with Crippen molar-refractivity contribution < 1.29 is 24.1 Å². The molecule has 0 saturated carbocycles. The predicted octanol–water partition coefficient (Wildman–Crippen LogP) is 5.73. The highest BCUT2D eigenvalue weighted by Crippen LogP contribution is 2.37. The van der Waals surface area contributed by atoms with Gasteiger partial charge < -0.3 is 24.6 Å². The molecule has 0 radical (unpaired) electrons. The number of aliphatic hydroxyl groups is 1. The van der Waals surface area contributed by atoms with E-state index in [1.54, 1.807) is 25.6 Å². The van der Waals surface area contributed by atoms with Gasteiger partial charge in [0.2, 0.25) is 0 Å². The van der Waals surface area contributed by atoms with Crippen molar-refractivity contribution in [3.8, 4) is 0 Å². The third-order valence-corrected chi connectivity index (χ3v) is 7.80. The molecular formula is C23H40Cl3NO5S. The Hall–Kier alpha value is 0.530. The summed E-state index contributed by atoms with van der Waals surface area (Å²) < 4.78 is 15.6. The second kappa shape index (κ2) is 14.3. The highest BCUT2D eigenvalue weighted by atomic mass is 35.6. The fraction of sp³-hybridized carbons (Fsp3) is 0.957. The van der Waals surface area contributed by atoms with Crippen molar-refractivity contribution in [1.29, 1.82) is 0 Å². The Balaban J connectivity index is 1.81. The van der Waals surface area contributed by atoms with Crippen molar-refractivity contribution >= 4 is 52.5 Å². The molecule has 0 bridgehead atoms. The van der Waals surface area contributed by atoms with Crippen molar-refractivity contribution in [1.82, 2.24) is 5.32 Å². The Morgan fingerprint density at radius 1 is 1.06 bits per heavy atom. The summed E-state index contributed by atoms with van der Waals surface area (Å²) in [4.78, 5) is 12.3. The maximum absolute atomic E-state index is 12.3. The summed E-state index contributed by atoms with van der Waals surface area (Å²) in [5.41, 5.74) is -0.496. The molecule has 0 aromatic rings. The van der Waals surface area contributed by atoms with E-state index in [0.717, 1.165) is 18.6 Å². The number of carbonyl (C=O) groups is 1. The first-order valence-electron chi connectivity index (χ1n) is 12.2. The van der Waals surface area contributed by atoms with Gasteiger partial charge in [0.15, 0.2) is 5.79 Å². The molecule has 0 aromatic heterocycles. The molecule has 2 saturated heterocycles. The van der Waals surface area contributed by atoms with E-state index in [4.69, 9.17) is 49.0 Å². The normalized spacial score (nSPS) is 29.5. The molecule has 0 aliphatic carbocycles. The van der Waals surface area contributed by atoms with Crippen molar-refractivity contribution in [2.75, 3.05) is 12.4 Å². The van der Waals surface area contributed by atoms with E-state index in [1.807, 2.05) is 0 Å². The molecule has 2 aliphatic rings. The third-order valence-electron chi connectivity index (χ3n) is 6.02. The molecule has 0 aromatic carbocycles. The zero-order valence-corrected chi connectivity index (χ0v) is 23.1. The van der Waals surface area contributed by atoms with Gasteiger partial charge in [-0.3, -0.25) is 4.79 Å². The van der Waals surface area contributed by atoms with Gasteiger partial charge in [0.1, 0.15) is 23.7 Å². The number of ether oxygens (including phenoxy) is 3. The summed E-state index contributed by atoms with van der Waals surface area (Å²) in [5.74, 6) is -0.807. The number of alkyl halides is 3. The van der Waals surface area contributed by atoms with Crippen LogP contribution in [0.4, 0.5) is 0 Å². The number of nitrogens with one attached hydrogen (secondary N) is 1. The van der Waals surface area contributed by atoms with Crippen LogP contribution >= 0.6 is 46.6 Å². The number of carbonyl (C=O) groups excluding carboxylic acids is 1. The van der Waals surface area contributed by atoms with E-state index in [2.05, 4.69) is 12.2 Å². The molecule has 0 unspecified atom stereocenters. The second-order valence-electron chi connectivity index (χ2n) is 9.38. The molecule has 2 N–H and O–H groups in total. The number of hydrogen-bond donors (Lipinski definition) is 2. The van der Waals surface area contributed by atoms with Crippen LogP contribution < -0.4 is 5.32 Å². The lowest BCUT2D eigenvalue weighted by atomic mass is 9.96. The number of unbranched alkanes of at least 4 members (excludes halogenated alkanes) is 9. The van der Waals surface area contributed by atoms with Crippen molar-refractivity contribution in [3.63, 3.8) is 0 Å². The van der Waals surface area contributed by atoms with Crippen LogP contribution in [0, 0.1) is 0 Å². The average Bonchev–Trinajstić information content (AvgIpc) is 2.74. The first-order valence-corrected chi connectivity index (χ1v) is 14.4. The topological polar surface area (TPSA) is 77.0 Å². The molecule has 1 amide bonds. The number of aliphatic hydroxyl groups excluding tert-OH is 1. The van der Waals surface area contributed by atoms with Crippen LogP contribution in [0.5, 0.6) is 0 Å². The summed E-state index contributed by atoms with van der Waals surface area (Å²) in [7, 11) is 0. The zero-order chi connectivity index (χ0) is 24.5. The van der Waals surface area contributed by atoms with Gasteiger partial charge in [0.25, 0.3) is 9.70 Å². The molecule has 6 nitrogen and oxygen atoms in total. The van der Waals surface area contributed by atoms with Gasteiger partial charge in [-0.05, 0) is 26.0 Å².